The largest absolute Gasteiger partial charge is 0.374 e. The second kappa shape index (κ2) is 5.80. The van der Waals surface area contributed by atoms with Crippen molar-refractivity contribution in [1.82, 2.24) is 10.2 Å². The van der Waals surface area contributed by atoms with Crippen molar-refractivity contribution >= 4 is 5.91 Å². The first kappa shape index (κ1) is 13.4. The van der Waals surface area contributed by atoms with Gasteiger partial charge in [0, 0.05) is 18.5 Å². The number of piperidine rings is 1. The second-order valence-electron chi connectivity index (χ2n) is 6.37. The van der Waals surface area contributed by atoms with Crippen molar-refractivity contribution in [3.05, 3.63) is 0 Å². The predicted molar refractivity (Wildman–Crippen MR) is 73.9 cm³/mol. The summed E-state index contributed by atoms with van der Waals surface area (Å²) in [5.41, 5.74) is 0. The summed E-state index contributed by atoms with van der Waals surface area (Å²) in [4.78, 5) is 15.0. The van der Waals surface area contributed by atoms with Gasteiger partial charge in [-0.05, 0) is 39.2 Å². The van der Waals surface area contributed by atoms with Crippen LogP contribution in [0.15, 0.2) is 0 Å². The number of carbonyl (C=O) groups is 1. The Bertz CT molecular complexity index is 332. The summed E-state index contributed by atoms with van der Waals surface area (Å²) < 4.78 is 5.86. The summed E-state index contributed by atoms with van der Waals surface area (Å²) in [6, 6.07) is 0.839. The molecule has 2 saturated heterocycles. The molecular weight excluding hydrogens is 240 g/mol. The lowest BCUT2D eigenvalue weighted by Gasteiger charge is -2.45. The number of amides is 1. The summed E-state index contributed by atoms with van der Waals surface area (Å²) in [6.07, 6.45) is 7.08. The number of nitrogens with one attached hydrogen (secondary N) is 1. The monoisotopic (exact) mass is 266 g/mol. The van der Waals surface area contributed by atoms with Crippen molar-refractivity contribution in [3.8, 4) is 0 Å². The number of nitrogens with zero attached hydrogens (tertiary/aromatic N) is 1. The van der Waals surface area contributed by atoms with E-state index in [0.717, 1.165) is 45.4 Å². The van der Waals surface area contributed by atoms with Gasteiger partial charge in [0.15, 0.2) is 0 Å². The minimum atomic E-state index is 0.233. The number of hydrogen-bond donors (Lipinski definition) is 1. The molecule has 1 N–H and O–H groups in total. The zero-order valence-corrected chi connectivity index (χ0v) is 11.9. The molecule has 3 aliphatic rings. The lowest BCUT2D eigenvalue weighted by molar-refractivity contribution is -0.154. The standard InChI is InChI=1S/C15H26N2O2/c1-11-10-12(6-7-16-11)15(18)17-8-9-19-14-5-3-2-4-13(14)17/h11-14,16H,2-10H2,1H3. The number of ether oxygens (including phenoxy) is 1. The highest BCUT2D eigenvalue weighted by Crippen LogP contribution is 2.30. The fourth-order valence-electron chi connectivity index (χ4n) is 3.96. The highest BCUT2D eigenvalue weighted by atomic mass is 16.5. The Hall–Kier alpha value is -0.610. The maximum absolute atomic E-state index is 12.8. The summed E-state index contributed by atoms with van der Waals surface area (Å²) in [5, 5.41) is 3.43. The maximum atomic E-state index is 12.8. The topological polar surface area (TPSA) is 41.6 Å². The van der Waals surface area contributed by atoms with Gasteiger partial charge >= 0.3 is 0 Å². The molecule has 1 aliphatic carbocycles. The fourth-order valence-corrected chi connectivity index (χ4v) is 3.96. The number of morpholine rings is 1. The summed E-state index contributed by atoms with van der Waals surface area (Å²) in [5.74, 6) is 0.630. The summed E-state index contributed by atoms with van der Waals surface area (Å²) in [6.45, 7) is 4.70. The van der Waals surface area contributed by atoms with Gasteiger partial charge in [0.25, 0.3) is 0 Å². The van der Waals surface area contributed by atoms with Crippen LogP contribution in [0.5, 0.6) is 0 Å². The Labute approximate surface area is 115 Å². The normalized spacial score (nSPS) is 39.7. The van der Waals surface area contributed by atoms with Crippen LogP contribution in [0.2, 0.25) is 0 Å². The van der Waals surface area contributed by atoms with Crippen molar-refractivity contribution in [2.75, 3.05) is 19.7 Å². The van der Waals surface area contributed by atoms with Crippen LogP contribution in [-0.4, -0.2) is 48.7 Å². The Morgan fingerprint density at radius 3 is 2.95 bits per heavy atom. The van der Waals surface area contributed by atoms with E-state index < -0.39 is 0 Å². The molecule has 1 saturated carbocycles. The molecule has 4 unspecified atom stereocenters. The molecular formula is C15H26N2O2. The third kappa shape index (κ3) is 2.79. The second-order valence-corrected chi connectivity index (χ2v) is 6.37. The van der Waals surface area contributed by atoms with Gasteiger partial charge in [-0.25, -0.2) is 0 Å². The Morgan fingerprint density at radius 2 is 2.11 bits per heavy atom. The first-order valence-electron chi connectivity index (χ1n) is 7.91. The van der Waals surface area contributed by atoms with Gasteiger partial charge in [-0.2, -0.15) is 0 Å². The van der Waals surface area contributed by atoms with E-state index in [1.807, 2.05) is 0 Å². The molecule has 0 aromatic rings. The van der Waals surface area contributed by atoms with Crippen LogP contribution in [0.4, 0.5) is 0 Å². The van der Waals surface area contributed by atoms with Gasteiger partial charge in [0.2, 0.25) is 5.91 Å². The SMILES string of the molecule is CC1CC(C(=O)N2CCOC3CCCCC32)CCN1. The number of hydrogen-bond acceptors (Lipinski definition) is 3. The molecule has 19 heavy (non-hydrogen) atoms. The van der Waals surface area contributed by atoms with Gasteiger partial charge in [-0.15, -0.1) is 0 Å². The molecule has 4 atom stereocenters. The maximum Gasteiger partial charge on any atom is 0.226 e. The smallest absolute Gasteiger partial charge is 0.226 e. The molecule has 4 heteroatoms. The van der Waals surface area contributed by atoms with Crippen LogP contribution < -0.4 is 5.32 Å². The number of rotatable bonds is 1. The highest BCUT2D eigenvalue weighted by molar-refractivity contribution is 5.79. The van der Waals surface area contributed by atoms with Gasteiger partial charge in [-0.1, -0.05) is 12.8 Å². The van der Waals surface area contributed by atoms with Crippen molar-refractivity contribution in [3.63, 3.8) is 0 Å². The van der Waals surface area contributed by atoms with Gasteiger partial charge < -0.3 is 15.0 Å². The zero-order chi connectivity index (χ0) is 13.2. The van der Waals surface area contributed by atoms with Crippen LogP contribution >= 0.6 is 0 Å². The average Bonchev–Trinajstić information content (AvgIpc) is 2.46. The summed E-state index contributed by atoms with van der Waals surface area (Å²) in [7, 11) is 0. The van der Waals surface area contributed by atoms with Gasteiger partial charge in [0.05, 0.1) is 18.8 Å². The molecule has 3 fully saturated rings. The van der Waals surface area contributed by atoms with Crippen molar-refractivity contribution in [2.45, 2.75) is 63.6 Å². The highest BCUT2D eigenvalue weighted by Gasteiger charge is 2.39. The van der Waals surface area contributed by atoms with E-state index in [9.17, 15) is 4.79 Å². The number of carbonyl (C=O) groups excluding carboxylic acids is 1. The first-order valence-corrected chi connectivity index (χ1v) is 7.91. The molecule has 2 heterocycles. The van der Waals surface area contributed by atoms with Crippen LogP contribution in [0, 0.1) is 5.92 Å². The van der Waals surface area contributed by atoms with Crippen molar-refractivity contribution in [2.24, 2.45) is 5.92 Å². The van der Waals surface area contributed by atoms with E-state index in [1.165, 1.54) is 12.8 Å². The quantitative estimate of drug-likeness (QED) is 0.783. The molecule has 1 amide bonds. The predicted octanol–water partition coefficient (Wildman–Crippen LogP) is 1.54. The molecule has 0 bridgehead atoms. The minimum absolute atomic E-state index is 0.233. The fraction of sp³-hybridized carbons (Fsp3) is 0.933. The molecule has 3 rings (SSSR count). The lowest BCUT2D eigenvalue weighted by atomic mass is 9.87. The molecule has 4 nitrogen and oxygen atoms in total. The third-order valence-electron chi connectivity index (χ3n) is 4.99. The van der Waals surface area contributed by atoms with E-state index in [0.29, 0.717) is 24.1 Å². The molecule has 0 aromatic carbocycles. The van der Waals surface area contributed by atoms with Crippen molar-refractivity contribution in [1.29, 1.82) is 0 Å². The minimum Gasteiger partial charge on any atom is -0.374 e. The van der Waals surface area contributed by atoms with E-state index in [4.69, 9.17) is 4.74 Å². The average molecular weight is 266 g/mol. The molecule has 0 aromatic heterocycles. The zero-order valence-electron chi connectivity index (χ0n) is 11.9. The van der Waals surface area contributed by atoms with E-state index in [-0.39, 0.29) is 5.92 Å². The first-order chi connectivity index (χ1) is 9.25. The molecule has 0 radical (unpaired) electrons. The van der Waals surface area contributed by atoms with Crippen LogP contribution in [0.1, 0.15) is 45.4 Å². The van der Waals surface area contributed by atoms with E-state index in [2.05, 4.69) is 17.1 Å². The molecule has 0 spiro atoms. The van der Waals surface area contributed by atoms with E-state index >= 15 is 0 Å². The van der Waals surface area contributed by atoms with E-state index in [1.54, 1.807) is 0 Å². The summed E-state index contributed by atoms with van der Waals surface area (Å²) >= 11 is 0. The number of fused-ring (bicyclic) bond motifs is 1. The van der Waals surface area contributed by atoms with Crippen LogP contribution in [-0.2, 0) is 9.53 Å². The van der Waals surface area contributed by atoms with Gasteiger partial charge in [0.1, 0.15) is 0 Å². The lowest BCUT2D eigenvalue weighted by Crippen LogP contribution is -2.57. The van der Waals surface area contributed by atoms with Crippen LogP contribution in [0.25, 0.3) is 0 Å². The Kier molecular flexibility index (Phi) is 4.08. The van der Waals surface area contributed by atoms with Crippen LogP contribution in [0.3, 0.4) is 0 Å². The molecule has 2 aliphatic heterocycles. The Balaban J connectivity index is 1.67. The Morgan fingerprint density at radius 1 is 1.26 bits per heavy atom. The third-order valence-corrected chi connectivity index (χ3v) is 4.99. The van der Waals surface area contributed by atoms with Gasteiger partial charge in [-0.3, -0.25) is 4.79 Å². The van der Waals surface area contributed by atoms with Crippen molar-refractivity contribution < 1.29 is 9.53 Å². The molecule has 108 valence electrons.